The standard InChI is InChI=1S/C21H29N3O5S/c1-14(2)10-16(13-30-18(26)11-22)23-20(27)19-17(25)8-9-24(19)21(28)29-12-15-6-4-3-5-7-15/h3-7,14,16,19H,8-13,22H2,1-2H3,(H,23,27). The molecule has 0 radical (unpaired) electrons. The minimum atomic E-state index is -1.21. The molecule has 2 rings (SSSR count). The normalized spacial score (nSPS) is 17.1. The van der Waals surface area contributed by atoms with Crippen LogP contribution >= 0.6 is 11.8 Å². The zero-order valence-electron chi connectivity index (χ0n) is 17.3. The number of hydrogen-bond donors (Lipinski definition) is 2. The number of nitrogens with two attached hydrogens (primary N) is 1. The number of carbonyl (C=O) groups is 4. The van der Waals surface area contributed by atoms with Crippen molar-refractivity contribution in [2.75, 3.05) is 18.8 Å². The van der Waals surface area contributed by atoms with Crippen molar-refractivity contribution in [3.8, 4) is 0 Å². The molecule has 3 N–H and O–H groups in total. The number of likely N-dealkylation sites (tertiary alicyclic amines) is 1. The van der Waals surface area contributed by atoms with Crippen LogP contribution in [0.15, 0.2) is 30.3 Å². The van der Waals surface area contributed by atoms with E-state index in [-0.39, 0.29) is 49.0 Å². The minimum Gasteiger partial charge on any atom is -0.445 e. The van der Waals surface area contributed by atoms with Gasteiger partial charge in [-0.3, -0.25) is 19.3 Å². The Kier molecular flexibility index (Phi) is 9.32. The summed E-state index contributed by atoms with van der Waals surface area (Å²) >= 11 is 1.06. The lowest BCUT2D eigenvalue weighted by Gasteiger charge is -2.26. The van der Waals surface area contributed by atoms with Crippen molar-refractivity contribution in [2.24, 2.45) is 11.7 Å². The van der Waals surface area contributed by atoms with Crippen LogP contribution < -0.4 is 11.1 Å². The topological polar surface area (TPSA) is 119 Å². The van der Waals surface area contributed by atoms with E-state index in [0.717, 1.165) is 17.3 Å². The molecular formula is C21H29N3O5S. The van der Waals surface area contributed by atoms with Crippen LogP contribution in [0.2, 0.25) is 0 Å². The van der Waals surface area contributed by atoms with Crippen molar-refractivity contribution in [1.29, 1.82) is 0 Å². The molecule has 1 aromatic carbocycles. The fourth-order valence-corrected chi connectivity index (χ4v) is 3.95. The van der Waals surface area contributed by atoms with Crippen LogP contribution in [0, 0.1) is 5.92 Å². The number of ketones is 1. The first-order valence-electron chi connectivity index (χ1n) is 9.98. The second-order valence-electron chi connectivity index (χ2n) is 7.57. The Morgan fingerprint density at radius 1 is 1.27 bits per heavy atom. The molecule has 9 heteroatoms. The second kappa shape index (κ2) is 11.7. The van der Waals surface area contributed by atoms with E-state index in [1.165, 1.54) is 4.90 Å². The van der Waals surface area contributed by atoms with Gasteiger partial charge in [-0.05, 0) is 17.9 Å². The molecule has 0 bridgehead atoms. The number of thioether (sulfide) groups is 1. The zero-order valence-corrected chi connectivity index (χ0v) is 18.2. The molecule has 1 fully saturated rings. The molecule has 1 aromatic rings. The SMILES string of the molecule is CC(C)CC(CSC(=O)CN)NC(=O)C1C(=O)CCN1C(=O)OCc1ccccc1. The van der Waals surface area contributed by atoms with Crippen molar-refractivity contribution in [1.82, 2.24) is 10.2 Å². The predicted octanol–water partition coefficient (Wildman–Crippen LogP) is 1.72. The molecule has 1 heterocycles. The Balaban J connectivity index is 1.99. The molecule has 1 aliphatic heterocycles. The number of Topliss-reactive ketones (excluding diaryl/α,β-unsaturated/α-hetero) is 1. The first-order valence-corrected chi connectivity index (χ1v) is 11.0. The molecule has 0 saturated carbocycles. The fourth-order valence-electron chi connectivity index (χ4n) is 3.23. The van der Waals surface area contributed by atoms with Gasteiger partial charge in [0.1, 0.15) is 6.61 Å². The Hall–Kier alpha value is -2.39. The molecule has 30 heavy (non-hydrogen) atoms. The van der Waals surface area contributed by atoms with Crippen molar-refractivity contribution < 1.29 is 23.9 Å². The summed E-state index contributed by atoms with van der Waals surface area (Å²) in [5, 5.41) is 2.67. The molecule has 0 aliphatic carbocycles. The fraction of sp³-hybridized carbons (Fsp3) is 0.524. The first-order chi connectivity index (χ1) is 14.3. The van der Waals surface area contributed by atoms with Crippen molar-refractivity contribution in [3.05, 3.63) is 35.9 Å². The predicted molar refractivity (Wildman–Crippen MR) is 115 cm³/mol. The first kappa shape index (κ1) is 23.9. The average molecular weight is 436 g/mol. The van der Waals surface area contributed by atoms with Crippen LogP contribution in [0.5, 0.6) is 0 Å². The van der Waals surface area contributed by atoms with Gasteiger partial charge < -0.3 is 15.8 Å². The molecular weight excluding hydrogens is 406 g/mol. The largest absolute Gasteiger partial charge is 0.445 e. The van der Waals surface area contributed by atoms with Gasteiger partial charge in [-0.2, -0.15) is 0 Å². The van der Waals surface area contributed by atoms with Gasteiger partial charge in [0.25, 0.3) is 5.91 Å². The van der Waals surface area contributed by atoms with Crippen LogP contribution in [-0.2, 0) is 25.7 Å². The maximum atomic E-state index is 12.9. The number of ether oxygens (including phenoxy) is 1. The Labute approximate surface area is 180 Å². The Bertz CT molecular complexity index is 756. The van der Waals surface area contributed by atoms with E-state index < -0.39 is 18.0 Å². The summed E-state index contributed by atoms with van der Waals surface area (Å²) in [6.45, 7) is 4.13. The molecule has 0 spiro atoms. The van der Waals surface area contributed by atoms with E-state index in [9.17, 15) is 19.2 Å². The van der Waals surface area contributed by atoms with E-state index in [0.29, 0.717) is 12.2 Å². The third-order valence-electron chi connectivity index (χ3n) is 4.62. The van der Waals surface area contributed by atoms with Gasteiger partial charge in [0.15, 0.2) is 11.8 Å². The number of rotatable bonds is 9. The van der Waals surface area contributed by atoms with Crippen LogP contribution in [-0.4, -0.2) is 58.7 Å². The molecule has 2 unspecified atom stereocenters. The monoisotopic (exact) mass is 435 g/mol. The molecule has 1 aliphatic rings. The molecule has 2 atom stereocenters. The van der Waals surface area contributed by atoms with Crippen LogP contribution in [0.4, 0.5) is 4.79 Å². The maximum Gasteiger partial charge on any atom is 0.411 e. The summed E-state index contributed by atoms with van der Waals surface area (Å²) in [5.74, 6) is -0.229. The van der Waals surface area contributed by atoms with Gasteiger partial charge >= 0.3 is 6.09 Å². The summed E-state index contributed by atoms with van der Waals surface area (Å²) in [5.41, 5.74) is 6.16. The number of hydrogen-bond acceptors (Lipinski definition) is 7. The van der Waals surface area contributed by atoms with Gasteiger partial charge in [-0.15, -0.1) is 0 Å². The number of benzene rings is 1. The summed E-state index contributed by atoms with van der Waals surface area (Å²) < 4.78 is 5.30. The van der Waals surface area contributed by atoms with Gasteiger partial charge in [-0.1, -0.05) is 55.9 Å². The highest BCUT2D eigenvalue weighted by Crippen LogP contribution is 2.18. The molecule has 1 saturated heterocycles. The highest BCUT2D eigenvalue weighted by Gasteiger charge is 2.42. The lowest BCUT2D eigenvalue weighted by Crippen LogP contribution is -2.52. The van der Waals surface area contributed by atoms with Crippen molar-refractivity contribution in [3.63, 3.8) is 0 Å². The number of nitrogens with one attached hydrogen (secondary N) is 1. The van der Waals surface area contributed by atoms with E-state index in [2.05, 4.69) is 5.32 Å². The summed E-state index contributed by atoms with van der Waals surface area (Å²) in [7, 11) is 0. The van der Waals surface area contributed by atoms with Crippen LogP contribution in [0.25, 0.3) is 0 Å². The van der Waals surface area contributed by atoms with E-state index in [1.807, 2.05) is 44.2 Å². The maximum absolute atomic E-state index is 12.9. The minimum absolute atomic E-state index is 0.0620. The molecule has 164 valence electrons. The summed E-state index contributed by atoms with van der Waals surface area (Å²) in [6, 6.07) is 7.65. The second-order valence-corrected chi connectivity index (χ2v) is 8.65. The van der Waals surface area contributed by atoms with Gasteiger partial charge in [0.05, 0.1) is 6.54 Å². The van der Waals surface area contributed by atoms with Crippen LogP contribution in [0.3, 0.4) is 0 Å². The third kappa shape index (κ3) is 7.14. The number of nitrogens with zero attached hydrogens (tertiary/aromatic N) is 1. The average Bonchev–Trinajstić information content (AvgIpc) is 3.11. The Morgan fingerprint density at radius 2 is 1.97 bits per heavy atom. The summed E-state index contributed by atoms with van der Waals surface area (Å²) in [6.07, 6.45) is 0.0435. The van der Waals surface area contributed by atoms with E-state index in [1.54, 1.807) is 0 Å². The van der Waals surface area contributed by atoms with Gasteiger partial charge in [0, 0.05) is 24.8 Å². The number of carbonyl (C=O) groups excluding carboxylic acids is 4. The molecule has 8 nitrogen and oxygen atoms in total. The van der Waals surface area contributed by atoms with Crippen LogP contribution in [0.1, 0.15) is 32.3 Å². The zero-order chi connectivity index (χ0) is 22.1. The van der Waals surface area contributed by atoms with E-state index >= 15 is 0 Å². The number of amides is 2. The Morgan fingerprint density at radius 3 is 2.60 bits per heavy atom. The van der Waals surface area contributed by atoms with Gasteiger partial charge in [0.2, 0.25) is 5.12 Å². The van der Waals surface area contributed by atoms with Crippen molar-refractivity contribution >= 4 is 34.7 Å². The lowest BCUT2D eigenvalue weighted by molar-refractivity contribution is -0.132. The van der Waals surface area contributed by atoms with Crippen molar-refractivity contribution in [2.45, 2.75) is 45.4 Å². The molecule has 2 amide bonds. The van der Waals surface area contributed by atoms with Gasteiger partial charge in [-0.25, -0.2) is 4.79 Å². The quantitative estimate of drug-likeness (QED) is 0.567. The highest BCUT2D eigenvalue weighted by atomic mass is 32.2. The molecule has 0 aromatic heterocycles. The van der Waals surface area contributed by atoms with E-state index in [4.69, 9.17) is 10.5 Å². The third-order valence-corrected chi connectivity index (χ3v) is 5.68. The highest BCUT2D eigenvalue weighted by molar-refractivity contribution is 8.13. The summed E-state index contributed by atoms with van der Waals surface area (Å²) in [4.78, 5) is 50.4. The lowest BCUT2D eigenvalue weighted by atomic mass is 10.0. The smallest absolute Gasteiger partial charge is 0.411 e.